The van der Waals surface area contributed by atoms with E-state index in [1.807, 2.05) is 9.80 Å². The number of hydrogen-bond acceptors (Lipinski definition) is 3. The summed E-state index contributed by atoms with van der Waals surface area (Å²) >= 11 is 0. The van der Waals surface area contributed by atoms with Crippen molar-refractivity contribution in [2.24, 2.45) is 11.3 Å². The zero-order valence-corrected chi connectivity index (χ0v) is 21.0. The maximum Gasteiger partial charge on any atom is 0.395 e. The van der Waals surface area contributed by atoms with Crippen molar-refractivity contribution in [3.05, 3.63) is 53.8 Å². The fourth-order valence-corrected chi connectivity index (χ4v) is 5.80. The van der Waals surface area contributed by atoms with Gasteiger partial charge in [0.25, 0.3) is 5.91 Å². The van der Waals surface area contributed by atoms with E-state index in [4.69, 9.17) is 4.74 Å². The van der Waals surface area contributed by atoms with Crippen molar-refractivity contribution in [1.29, 1.82) is 0 Å². The van der Waals surface area contributed by atoms with Gasteiger partial charge in [-0.1, -0.05) is 18.6 Å². The summed E-state index contributed by atoms with van der Waals surface area (Å²) < 4.78 is 61.2. The first-order valence-electron chi connectivity index (χ1n) is 13.4. The Hall–Kier alpha value is -2.61. The van der Waals surface area contributed by atoms with E-state index in [0.717, 1.165) is 38.8 Å². The van der Waals surface area contributed by atoms with Gasteiger partial charge in [-0.3, -0.25) is 4.79 Å². The van der Waals surface area contributed by atoms with Crippen LogP contribution >= 0.6 is 0 Å². The summed E-state index contributed by atoms with van der Waals surface area (Å²) in [6.07, 6.45) is 0.617. The summed E-state index contributed by atoms with van der Waals surface area (Å²) in [6, 6.07) is 11.8. The van der Waals surface area contributed by atoms with Gasteiger partial charge < -0.3 is 14.5 Å². The van der Waals surface area contributed by atoms with E-state index in [-0.39, 0.29) is 31.2 Å². The fourth-order valence-electron chi connectivity index (χ4n) is 5.80. The van der Waals surface area contributed by atoms with E-state index in [1.165, 1.54) is 6.07 Å². The van der Waals surface area contributed by atoms with Crippen molar-refractivity contribution < 1.29 is 27.1 Å². The lowest BCUT2D eigenvalue weighted by Gasteiger charge is -2.47. The molecule has 0 atom stereocenters. The monoisotopic (exact) mass is 518 g/mol. The predicted octanol–water partition coefficient (Wildman–Crippen LogP) is 6.55. The lowest BCUT2D eigenvalue weighted by Crippen LogP contribution is -2.53. The molecule has 0 unspecified atom stereocenters. The highest BCUT2D eigenvalue weighted by Gasteiger charge is 2.58. The van der Waals surface area contributed by atoms with Gasteiger partial charge in [0.05, 0.1) is 12.0 Å². The number of carbonyl (C=O) groups is 1. The van der Waals surface area contributed by atoms with E-state index >= 15 is 0 Å². The van der Waals surface area contributed by atoms with Crippen LogP contribution in [0.2, 0.25) is 0 Å². The van der Waals surface area contributed by atoms with Crippen molar-refractivity contribution in [1.82, 2.24) is 9.80 Å². The highest BCUT2D eigenvalue weighted by atomic mass is 19.4. The number of rotatable bonds is 7. The molecule has 1 saturated carbocycles. The van der Waals surface area contributed by atoms with Gasteiger partial charge in [0.15, 0.2) is 0 Å². The van der Waals surface area contributed by atoms with Crippen LogP contribution < -0.4 is 4.74 Å². The lowest BCUT2D eigenvalue weighted by atomic mass is 9.67. The molecule has 2 aromatic rings. The van der Waals surface area contributed by atoms with Crippen LogP contribution in [0.1, 0.15) is 55.3 Å². The Morgan fingerprint density at radius 3 is 2.19 bits per heavy atom. The van der Waals surface area contributed by atoms with Crippen LogP contribution in [0, 0.1) is 17.2 Å². The van der Waals surface area contributed by atoms with Crippen LogP contribution in [-0.2, 0) is 0 Å². The van der Waals surface area contributed by atoms with E-state index in [0.29, 0.717) is 48.6 Å². The van der Waals surface area contributed by atoms with Crippen LogP contribution in [0.15, 0.2) is 42.5 Å². The van der Waals surface area contributed by atoms with Crippen molar-refractivity contribution in [3.8, 4) is 16.9 Å². The second-order valence-corrected chi connectivity index (χ2v) is 10.9. The number of piperidine rings is 1. The first kappa shape index (κ1) is 26.0. The molecule has 0 radical (unpaired) electrons. The molecule has 2 aliphatic heterocycles. The number of amides is 1. The molecule has 0 aromatic heterocycles. The van der Waals surface area contributed by atoms with Crippen molar-refractivity contribution >= 4 is 5.91 Å². The second kappa shape index (κ2) is 10.6. The maximum atomic E-state index is 14.9. The van der Waals surface area contributed by atoms with E-state index < -0.39 is 17.4 Å². The summed E-state index contributed by atoms with van der Waals surface area (Å²) in [7, 11) is 0. The summed E-state index contributed by atoms with van der Waals surface area (Å²) in [6.45, 7) is 3.36. The number of carbonyl (C=O) groups excluding carboxylic acids is 1. The molecular weight excluding hydrogens is 484 g/mol. The number of nitrogens with zero attached hydrogens (tertiary/aromatic N) is 2. The normalized spacial score (nSPS) is 20.6. The average molecular weight is 519 g/mol. The molecule has 3 aliphatic rings. The molecule has 2 aromatic carbocycles. The van der Waals surface area contributed by atoms with Crippen molar-refractivity contribution in [2.75, 3.05) is 39.3 Å². The number of halogens is 4. The molecule has 4 nitrogen and oxygen atoms in total. The highest BCUT2D eigenvalue weighted by molar-refractivity contribution is 5.94. The van der Waals surface area contributed by atoms with E-state index in [9.17, 15) is 22.4 Å². The molecule has 0 N–H and O–H groups in total. The third-order valence-corrected chi connectivity index (χ3v) is 8.41. The Labute approximate surface area is 215 Å². The number of alkyl halides is 3. The van der Waals surface area contributed by atoms with Crippen LogP contribution in [0.4, 0.5) is 17.6 Å². The maximum absolute atomic E-state index is 14.9. The van der Waals surface area contributed by atoms with Gasteiger partial charge in [0.2, 0.25) is 0 Å². The van der Waals surface area contributed by atoms with Gasteiger partial charge in [-0.2, -0.15) is 13.2 Å². The van der Waals surface area contributed by atoms with Gasteiger partial charge in [-0.25, -0.2) is 4.39 Å². The molecule has 37 heavy (non-hydrogen) atoms. The van der Waals surface area contributed by atoms with Gasteiger partial charge in [-0.05, 0) is 87.4 Å². The topological polar surface area (TPSA) is 32.8 Å². The second-order valence-electron chi connectivity index (χ2n) is 10.9. The molecule has 200 valence electrons. The fraction of sp³-hybridized carbons (Fsp3) is 0.552. The minimum absolute atomic E-state index is 0.0157. The average Bonchev–Trinajstić information content (AvgIpc) is 3.40. The molecule has 8 heteroatoms. The molecule has 2 heterocycles. The van der Waals surface area contributed by atoms with Crippen LogP contribution in [0.25, 0.3) is 11.1 Å². The summed E-state index contributed by atoms with van der Waals surface area (Å²) in [5, 5.41) is 0. The Bertz CT molecular complexity index is 1080. The summed E-state index contributed by atoms with van der Waals surface area (Å²) in [4.78, 5) is 16.3. The van der Waals surface area contributed by atoms with Crippen LogP contribution in [0.3, 0.4) is 0 Å². The molecule has 2 saturated heterocycles. The quantitative estimate of drug-likeness (QED) is 0.390. The smallest absolute Gasteiger partial charge is 0.395 e. The first-order chi connectivity index (χ1) is 17.7. The molecule has 1 amide bonds. The number of likely N-dealkylation sites (tertiary alicyclic amines) is 2. The molecular formula is C29H34F4N2O2. The minimum atomic E-state index is -4.13. The Kier molecular flexibility index (Phi) is 7.48. The van der Waals surface area contributed by atoms with E-state index in [1.54, 1.807) is 36.4 Å². The van der Waals surface area contributed by atoms with Gasteiger partial charge in [0.1, 0.15) is 11.6 Å². The molecule has 5 rings (SSSR count). The number of hydrogen-bond donors (Lipinski definition) is 0. The van der Waals surface area contributed by atoms with Crippen molar-refractivity contribution in [3.63, 3.8) is 0 Å². The standard InChI is InChI=1S/C29H34F4N2O2/c30-26-18-24(8-9-25(26)22-4-6-23(7-5-22)27(36)35-14-1-2-15-35)37-19-21-10-16-34(17-11-21)20-28(12-3-13-28)29(31,32)33/h4-9,18,21H,1-3,10-17,19-20H2. The molecule has 3 fully saturated rings. The van der Waals surface area contributed by atoms with Crippen LogP contribution in [0.5, 0.6) is 5.75 Å². The highest BCUT2D eigenvalue weighted by Crippen LogP contribution is 2.53. The summed E-state index contributed by atoms with van der Waals surface area (Å²) in [5.74, 6) is 0.295. The third kappa shape index (κ3) is 5.64. The minimum Gasteiger partial charge on any atom is -0.493 e. The SMILES string of the molecule is O=C(c1ccc(-c2ccc(OCC3CCN(CC4(C(F)(F)F)CCC4)CC3)cc2F)cc1)N1CCCC1. The van der Waals surface area contributed by atoms with Gasteiger partial charge in [-0.15, -0.1) is 0 Å². The lowest BCUT2D eigenvalue weighted by molar-refractivity contribution is -0.256. The zero-order valence-electron chi connectivity index (χ0n) is 21.0. The Balaban J connectivity index is 1.11. The largest absolute Gasteiger partial charge is 0.493 e. The molecule has 1 aliphatic carbocycles. The van der Waals surface area contributed by atoms with Crippen molar-refractivity contribution in [2.45, 2.75) is 51.1 Å². The third-order valence-electron chi connectivity index (χ3n) is 8.41. The molecule has 0 spiro atoms. The van der Waals surface area contributed by atoms with Gasteiger partial charge >= 0.3 is 6.18 Å². The Morgan fingerprint density at radius 1 is 0.946 bits per heavy atom. The number of ether oxygens (including phenoxy) is 1. The first-order valence-corrected chi connectivity index (χ1v) is 13.4. The Morgan fingerprint density at radius 2 is 1.62 bits per heavy atom. The van der Waals surface area contributed by atoms with E-state index in [2.05, 4.69) is 0 Å². The van der Waals surface area contributed by atoms with Gasteiger partial charge in [0, 0.05) is 36.8 Å². The summed E-state index contributed by atoms with van der Waals surface area (Å²) in [5.41, 5.74) is 0.227. The molecule has 0 bridgehead atoms. The van der Waals surface area contributed by atoms with Crippen LogP contribution in [-0.4, -0.2) is 61.2 Å². The number of benzene rings is 2. The zero-order chi connectivity index (χ0) is 26.0. The predicted molar refractivity (Wildman–Crippen MR) is 134 cm³/mol.